The molecule has 222 valence electrons. The van der Waals surface area contributed by atoms with Crippen molar-refractivity contribution in [3.05, 3.63) is 155 Å². The van der Waals surface area contributed by atoms with Crippen molar-refractivity contribution < 1.29 is 26.3 Å². The average molecular weight is 600 g/mol. The maximum absolute atomic E-state index is 13.8. The molecule has 1 unspecified atom stereocenters. The quantitative estimate of drug-likeness (QED) is 0.141. The van der Waals surface area contributed by atoms with Crippen molar-refractivity contribution in [2.45, 2.75) is 36.8 Å². The highest BCUT2D eigenvalue weighted by atomic mass is 19.4. The van der Waals surface area contributed by atoms with Gasteiger partial charge in [0.2, 0.25) is 0 Å². The molecule has 5 aromatic carbocycles. The van der Waals surface area contributed by atoms with E-state index in [0.717, 1.165) is 55.6 Å². The monoisotopic (exact) mass is 599 g/mol. The Balaban J connectivity index is 1.57. The number of fused-ring (bicyclic) bond motifs is 7. The van der Waals surface area contributed by atoms with Crippen molar-refractivity contribution in [3.8, 4) is 22.3 Å². The van der Waals surface area contributed by atoms with Crippen molar-refractivity contribution >= 4 is 0 Å². The Morgan fingerprint density at radius 3 is 1.45 bits per heavy atom. The second-order valence-corrected chi connectivity index (χ2v) is 11.7. The molecule has 7 rings (SSSR count). The predicted molar refractivity (Wildman–Crippen MR) is 159 cm³/mol. The van der Waals surface area contributed by atoms with E-state index in [4.69, 9.17) is 0 Å². The normalized spacial score (nSPS) is 18.1. The van der Waals surface area contributed by atoms with Gasteiger partial charge in [0.15, 0.2) is 0 Å². The minimum absolute atomic E-state index is 0.400. The molecule has 0 radical (unpaired) electrons. The molecule has 0 saturated heterocycles. The van der Waals surface area contributed by atoms with Crippen LogP contribution < -0.4 is 0 Å². The van der Waals surface area contributed by atoms with Gasteiger partial charge in [-0.05, 0) is 62.1 Å². The van der Waals surface area contributed by atoms with Crippen LogP contribution in [-0.2, 0) is 10.8 Å². The zero-order valence-corrected chi connectivity index (χ0v) is 23.7. The van der Waals surface area contributed by atoms with Crippen LogP contribution in [0.5, 0.6) is 0 Å². The molecule has 0 amide bonds. The lowest BCUT2D eigenvalue weighted by atomic mass is 9.63. The average Bonchev–Trinajstić information content (AvgIpc) is 3.44. The van der Waals surface area contributed by atoms with Gasteiger partial charge in [0.1, 0.15) is 0 Å². The fraction of sp³-hybridized carbons (Fsp3) is 0.189. The summed E-state index contributed by atoms with van der Waals surface area (Å²) < 4.78 is 82.7. The fourth-order valence-corrected chi connectivity index (χ4v) is 7.66. The molecule has 0 heterocycles. The number of halogens is 6. The molecule has 2 aliphatic rings. The van der Waals surface area contributed by atoms with E-state index >= 15 is 0 Å². The standard InChI is InChI=1S/C37H27F6N/c1-34(22-23-44(36(38,39)40)37(41,42)43)30-18-10-8-16-26(30)28-20-21-29-27-17-9-11-19-31(27)35(33(29)32(28)34,24-12-4-2-5-13-24)25-14-6-3-7-15-25/h2-21H,22-23H2,1H3. The van der Waals surface area contributed by atoms with Gasteiger partial charge in [-0.3, -0.25) is 0 Å². The Bertz CT molecular complexity index is 1810. The van der Waals surface area contributed by atoms with Crippen LogP contribution in [0.4, 0.5) is 26.3 Å². The number of benzene rings is 5. The smallest absolute Gasteiger partial charge is 0.155 e. The first-order valence-corrected chi connectivity index (χ1v) is 14.4. The van der Waals surface area contributed by atoms with Crippen LogP contribution in [0.25, 0.3) is 22.3 Å². The topological polar surface area (TPSA) is 3.24 Å². The van der Waals surface area contributed by atoms with E-state index in [0.29, 0.717) is 0 Å². The van der Waals surface area contributed by atoms with Crippen molar-refractivity contribution in [2.75, 3.05) is 6.54 Å². The molecule has 2 aliphatic carbocycles. The van der Waals surface area contributed by atoms with E-state index in [-0.39, 0.29) is 0 Å². The van der Waals surface area contributed by atoms with Gasteiger partial charge in [0.25, 0.3) is 0 Å². The van der Waals surface area contributed by atoms with Crippen LogP contribution in [0, 0.1) is 0 Å². The maximum Gasteiger partial charge on any atom is 0.467 e. The molecule has 0 bridgehead atoms. The Labute approximate surface area is 251 Å². The molecule has 44 heavy (non-hydrogen) atoms. The third kappa shape index (κ3) is 3.98. The summed E-state index contributed by atoms with van der Waals surface area (Å²) in [6.45, 7) is 0.560. The zero-order chi connectivity index (χ0) is 30.9. The number of rotatable bonds is 5. The first kappa shape index (κ1) is 28.4. The number of alkyl halides is 6. The first-order valence-electron chi connectivity index (χ1n) is 14.4. The van der Waals surface area contributed by atoms with Gasteiger partial charge in [0.05, 0.1) is 5.41 Å². The van der Waals surface area contributed by atoms with Crippen molar-refractivity contribution in [1.29, 1.82) is 0 Å². The van der Waals surface area contributed by atoms with E-state index in [1.807, 2.05) is 103 Å². The summed E-state index contributed by atoms with van der Waals surface area (Å²) in [5.41, 5.74) is 6.89. The predicted octanol–water partition coefficient (Wildman–Crippen LogP) is 10.1. The third-order valence-electron chi connectivity index (χ3n) is 9.43. The molecule has 0 saturated carbocycles. The molecular weight excluding hydrogens is 572 g/mol. The summed E-state index contributed by atoms with van der Waals surface area (Å²) in [5, 5.41) is 0. The van der Waals surface area contributed by atoms with Crippen LogP contribution in [0.3, 0.4) is 0 Å². The van der Waals surface area contributed by atoms with Crippen molar-refractivity contribution in [1.82, 2.24) is 4.90 Å². The summed E-state index contributed by atoms with van der Waals surface area (Å²) in [4.78, 5) is -1.30. The Hall–Kier alpha value is -4.36. The number of hydrogen-bond acceptors (Lipinski definition) is 1. The van der Waals surface area contributed by atoms with Crippen LogP contribution in [0.15, 0.2) is 121 Å². The lowest BCUT2D eigenvalue weighted by Gasteiger charge is -2.39. The fourth-order valence-electron chi connectivity index (χ4n) is 7.66. The Kier molecular flexibility index (Phi) is 6.35. The molecular formula is C37H27F6N. The van der Waals surface area contributed by atoms with Gasteiger partial charge in [-0.15, -0.1) is 4.90 Å². The maximum atomic E-state index is 13.8. The van der Waals surface area contributed by atoms with E-state index in [9.17, 15) is 26.3 Å². The second kappa shape index (κ2) is 9.83. The van der Waals surface area contributed by atoms with Crippen molar-refractivity contribution in [2.24, 2.45) is 0 Å². The van der Waals surface area contributed by atoms with Crippen molar-refractivity contribution in [3.63, 3.8) is 0 Å². The van der Waals surface area contributed by atoms with Gasteiger partial charge < -0.3 is 0 Å². The molecule has 5 aromatic rings. The minimum atomic E-state index is -5.57. The molecule has 0 spiro atoms. The summed E-state index contributed by atoms with van der Waals surface area (Å²) >= 11 is 0. The van der Waals surface area contributed by atoms with Crippen LogP contribution in [-0.4, -0.2) is 24.0 Å². The van der Waals surface area contributed by atoms with E-state index in [2.05, 4.69) is 12.1 Å². The lowest BCUT2D eigenvalue weighted by molar-refractivity contribution is -0.373. The number of hydrogen-bond donors (Lipinski definition) is 0. The first-order chi connectivity index (χ1) is 21.0. The second-order valence-electron chi connectivity index (χ2n) is 11.7. The summed E-state index contributed by atoms with van der Waals surface area (Å²) in [6.07, 6.45) is -11.5. The van der Waals surface area contributed by atoms with Gasteiger partial charge >= 0.3 is 12.6 Å². The number of nitrogens with zero attached hydrogens (tertiary/aromatic N) is 1. The van der Waals surface area contributed by atoms with Crippen LogP contribution in [0.1, 0.15) is 46.7 Å². The third-order valence-corrected chi connectivity index (χ3v) is 9.43. The SMILES string of the molecule is CC1(CCN(C(F)(F)F)C(F)(F)F)c2ccccc2-c2ccc3c(c21)C(c1ccccc1)(c1ccccc1)c1ccccc1-3. The van der Waals surface area contributed by atoms with Crippen LogP contribution in [0.2, 0.25) is 0 Å². The van der Waals surface area contributed by atoms with E-state index < -0.39 is 41.3 Å². The molecule has 1 atom stereocenters. The highest BCUT2D eigenvalue weighted by molar-refractivity contribution is 5.94. The highest BCUT2D eigenvalue weighted by Gasteiger charge is 2.56. The lowest BCUT2D eigenvalue weighted by Crippen LogP contribution is -2.49. The summed E-state index contributed by atoms with van der Waals surface area (Å²) in [5.74, 6) is 0. The summed E-state index contributed by atoms with van der Waals surface area (Å²) in [7, 11) is 0. The van der Waals surface area contributed by atoms with Gasteiger partial charge in [-0.2, -0.15) is 26.3 Å². The molecule has 1 nitrogen and oxygen atoms in total. The Morgan fingerprint density at radius 1 is 0.500 bits per heavy atom. The molecule has 0 aromatic heterocycles. The largest absolute Gasteiger partial charge is 0.467 e. The van der Waals surface area contributed by atoms with E-state index in [1.54, 1.807) is 13.0 Å². The van der Waals surface area contributed by atoms with E-state index in [1.165, 1.54) is 0 Å². The minimum Gasteiger partial charge on any atom is -0.155 e. The molecule has 0 fully saturated rings. The Morgan fingerprint density at radius 2 is 0.932 bits per heavy atom. The van der Waals surface area contributed by atoms with Gasteiger partial charge in [-0.25, -0.2) is 0 Å². The summed E-state index contributed by atoms with van der Waals surface area (Å²) in [6, 6.07) is 39.4. The van der Waals surface area contributed by atoms with Gasteiger partial charge in [-0.1, -0.05) is 128 Å². The molecule has 7 heteroatoms. The van der Waals surface area contributed by atoms with Crippen LogP contribution >= 0.6 is 0 Å². The zero-order valence-electron chi connectivity index (χ0n) is 23.7. The van der Waals surface area contributed by atoms with Gasteiger partial charge in [0, 0.05) is 12.0 Å². The molecule has 0 aliphatic heterocycles. The molecule has 0 N–H and O–H groups in total. The highest BCUT2D eigenvalue weighted by Crippen LogP contribution is 2.63.